The van der Waals surface area contributed by atoms with Crippen molar-refractivity contribution in [2.24, 2.45) is 0 Å². The van der Waals surface area contributed by atoms with E-state index >= 15 is 4.39 Å². The molecule has 4 N–H and O–H groups in total. The van der Waals surface area contributed by atoms with Crippen LogP contribution in [0.4, 0.5) is 14.0 Å². The number of halogens is 1. The van der Waals surface area contributed by atoms with Gasteiger partial charge in [0, 0.05) is 35.2 Å². The van der Waals surface area contributed by atoms with Gasteiger partial charge >= 0.3 is 12.2 Å². The van der Waals surface area contributed by atoms with Gasteiger partial charge < -0.3 is 39.9 Å². The van der Waals surface area contributed by atoms with Crippen LogP contribution in [-0.4, -0.2) is 86.0 Å². The van der Waals surface area contributed by atoms with Crippen molar-refractivity contribution in [1.29, 1.82) is 0 Å². The topological polar surface area (TPSA) is 188 Å². The minimum atomic E-state index is -0.940. The highest BCUT2D eigenvalue weighted by molar-refractivity contribution is 7.08. The second-order valence-electron chi connectivity index (χ2n) is 15.6. The lowest BCUT2D eigenvalue weighted by atomic mass is 10.0. The van der Waals surface area contributed by atoms with Crippen LogP contribution in [0.2, 0.25) is 0 Å². The van der Waals surface area contributed by atoms with Crippen LogP contribution in [0.1, 0.15) is 72.6 Å². The van der Waals surface area contributed by atoms with Gasteiger partial charge in [0.05, 0.1) is 61.3 Å². The Morgan fingerprint density at radius 1 is 0.734 bits per heavy atom. The molecule has 0 spiro atoms. The van der Waals surface area contributed by atoms with E-state index in [1.54, 1.807) is 64.7 Å². The molecule has 2 aliphatic rings. The lowest BCUT2D eigenvalue weighted by molar-refractivity contribution is -0.135. The molecule has 2 fully saturated rings. The Kier molecular flexibility index (Phi) is 11.9. The van der Waals surface area contributed by atoms with Gasteiger partial charge in [-0.25, -0.2) is 28.9 Å². The number of thiophene rings is 1. The standard InChI is InChI=1S/C47H44FN9O6S/c1-62-46(60)54-40(27-8-4-3-5-9-27)44(58)56-19-6-10-38(56)43-50-25-37(53-43)30-12-15-32(33(48)23-30)35-17-14-28-22-29(13-16-34(28)51-35)36-24-49-42(52-36)39-11-7-20-57(39)45(59)41(55-47(61)63-2)31-18-21-64-26-31/h3-5,8-9,12-18,21-26,38-41H,6-7,10-11,19-20H2,1-2H3,(H,49,52)(H,50,53)(H,54,60)(H,55,61)/t38-,39-,40+,41+/m0/s1. The first-order chi connectivity index (χ1) is 31.2. The SMILES string of the molecule is COC(=O)N[C@@H](C(=O)N1CCC[C@H]1c1ncc(-c2ccc(-c3ccc4cc(-c5cnc([C@@H]6CCCN6C(=O)[C@H](NC(=O)OC)c6ccsc6)[nH]5)ccc4n3)c(F)c2)[nH]1)c1ccccc1. The van der Waals surface area contributed by atoms with Crippen molar-refractivity contribution in [1.82, 2.24) is 45.4 Å². The van der Waals surface area contributed by atoms with Crippen LogP contribution in [0.25, 0.3) is 44.7 Å². The van der Waals surface area contributed by atoms with Gasteiger partial charge in [0.1, 0.15) is 29.5 Å². The van der Waals surface area contributed by atoms with Gasteiger partial charge in [-0.15, -0.1) is 0 Å². The smallest absolute Gasteiger partial charge is 0.407 e. The summed E-state index contributed by atoms with van der Waals surface area (Å²) in [6.45, 7) is 1.01. The molecule has 17 heteroatoms. The van der Waals surface area contributed by atoms with Crippen LogP contribution in [0.3, 0.4) is 0 Å². The molecule has 4 aromatic heterocycles. The normalized spacial score (nSPS) is 17.0. The monoisotopic (exact) mass is 881 g/mol. The highest BCUT2D eigenvalue weighted by atomic mass is 32.1. The summed E-state index contributed by atoms with van der Waals surface area (Å²) in [4.78, 5) is 76.5. The van der Waals surface area contributed by atoms with E-state index in [1.807, 2.05) is 47.2 Å². The molecule has 2 saturated heterocycles. The predicted octanol–water partition coefficient (Wildman–Crippen LogP) is 8.40. The Balaban J connectivity index is 0.890. The molecule has 4 amide bonds. The number of fused-ring (bicyclic) bond motifs is 1. The first-order valence-corrected chi connectivity index (χ1v) is 21.8. The van der Waals surface area contributed by atoms with E-state index < -0.39 is 30.1 Å². The summed E-state index contributed by atoms with van der Waals surface area (Å²) in [6.07, 6.45) is 4.91. The second kappa shape index (κ2) is 18.1. The Hall–Kier alpha value is -7.40. The van der Waals surface area contributed by atoms with Crippen LogP contribution in [0.5, 0.6) is 0 Å². The number of nitrogens with zero attached hydrogens (tertiary/aromatic N) is 5. The zero-order chi connectivity index (χ0) is 44.3. The minimum absolute atomic E-state index is 0.231. The quantitative estimate of drug-likeness (QED) is 0.0990. The molecule has 7 aromatic rings. The molecular formula is C47H44FN9O6S. The maximum atomic E-state index is 15.9. The number of carbonyl (C=O) groups excluding carboxylic acids is 4. The summed E-state index contributed by atoms with van der Waals surface area (Å²) in [7, 11) is 2.52. The molecule has 0 radical (unpaired) electrons. The maximum absolute atomic E-state index is 15.9. The van der Waals surface area contributed by atoms with Crippen LogP contribution >= 0.6 is 11.3 Å². The number of rotatable bonds is 11. The molecule has 2 aliphatic heterocycles. The summed E-state index contributed by atoms with van der Waals surface area (Å²) >= 11 is 1.44. The molecule has 326 valence electrons. The number of hydrogen-bond acceptors (Lipinski definition) is 10. The van der Waals surface area contributed by atoms with Gasteiger partial charge in [-0.05, 0) is 84.0 Å². The molecule has 0 bridgehead atoms. The first kappa shape index (κ1) is 41.9. The zero-order valence-corrected chi connectivity index (χ0v) is 35.7. The number of likely N-dealkylation sites (tertiary alicyclic amines) is 2. The van der Waals surface area contributed by atoms with E-state index in [-0.39, 0.29) is 23.9 Å². The molecular weight excluding hydrogens is 838 g/mol. The first-order valence-electron chi connectivity index (χ1n) is 20.9. The Morgan fingerprint density at radius 2 is 1.33 bits per heavy atom. The number of ether oxygens (including phenoxy) is 2. The fourth-order valence-electron chi connectivity index (χ4n) is 8.61. The lowest BCUT2D eigenvalue weighted by Crippen LogP contribution is -2.42. The number of carbonyl (C=O) groups is 4. The Bertz CT molecular complexity index is 2830. The molecule has 64 heavy (non-hydrogen) atoms. The average molecular weight is 882 g/mol. The summed E-state index contributed by atoms with van der Waals surface area (Å²) in [6, 6.07) is 22.8. The van der Waals surface area contributed by atoms with Gasteiger partial charge in [-0.1, -0.05) is 48.5 Å². The number of benzene rings is 3. The van der Waals surface area contributed by atoms with Gasteiger partial charge in [-0.2, -0.15) is 11.3 Å². The fourth-order valence-corrected chi connectivity index (χ4v) is 9.30. The van der Waals surface area contributed by atoms with Crippen LogP contribution in [0.15, 0.2) is 108 Å². The molecule has 9 rings (SSSR count). The number of amides is 4. The number of methoxy groups -OCH3 is 2. The summed E-state index contributed by atoms with van der Waals surface area (Å²) in [5.41, 5.74) is 5.63. The summed E-state index contributed by atoms with van der Waals surface area (Å²) < 4.78 is 25.5. The van der Waals surface area contributed by atoms with E-state index in [1.165, 1.54) is 31.6 Å². The lowest BCUT2D eigenvalue weighted by Gasteiger charge is -2.28. The molecule has 4 atom stereocenters. The number of pyridine rings is 1. The zero-order valence-electron chi connectivity index (χ0n) is 34.9. The van der Waals surface area contributed by atoms with Crippen molar-refractivity contribution in [3.8, 4) is 33.8 Å². The number of imidazole rings is 2. The van der Waals surface area contributed by atoms with E-state index in [4.69, 9.17) is 14.5 Å². The van der Waals surface area contributed by atoms with E-state index in [9.17, 15) is 19.2 Å². The average Bonchev–Trinajstić information content (AvgIpc) is 4.19. The van der Waals surface area contributed by atoms with Gasteiger partial charge in [-0.3, -0.25) is 9.59 Å². The van der Waals surface area contributed by atoms with E-state index in [2.05, 4.69) is 30.6 Å². The number of alkyl carbamates (subject to hydrolysis) is 2. The van der Waals surface area contributed by atoms with Crippen molar-refractivity contribution in [2.75, 3.05) is 27.3 Å². The highest BCUT2D eigenvalue weighted by Gasteiger charge is 2.38. The Morgan fingerprint density at radius 3 is 1.91 bits per heavy atom. The largest absolute Gasteiger partial charge is 0.453 e. The molecule has 0 aliphatic carbocycles. The summed E-state index contributed by atoms with van der Waals surface area (Å²) in [5.74, 6) is 0.256. The molecule has 3 aromatic carbocycles. The third-order valence-electron chi connectivity index (χ3n) is 11.8. The third kappa shape index (κ3) is 8.41. The number of aromatic amines is 2. The van der Waals surface area contributed by atoms with E-state index in [0.29, 0.717) is 76.7 Å². The molecule has 0 unspecified atom stereocenters. The van der Waals surface area contributed by atoms with Gasteiger partial charge in [0.2, 0.25) is 0 Å². The number of nitrogens with one attached hydrogen (secondary N) is 4. The number of aromatic nitrogens is 5. The van der Waals surface area contributed by atoms with Crippen molar-refractivity contribution in [3.63, 3.8) is 0 Å². The maximum Gasteiger partial charge on any atom is 0.407 e. The van der Waals surface area contributed by atoms with Crippen molar-refractivity contribution in [2.45, 2.75) is 49.9 Å². The van der Waals surface area contributed by atoms with Crippen LogP contribution < -0.4 is 10.6 Å². The fraction of sp³-hybridized carbons (Fsp3) is 0.255. The molecule has 6 heterocycles. The predicted molar refractivity (Wildman–Crippen MR) is 237 cm³/mol. The number of hydrogen-bond donors (Lipinski definition) is 4. The van der Waals surface area contributed by atoms with E-state index in [0.717, 1.165) is 29.5 Å². The van der Waals surface area contributed by atoms with Crippen molar-refractivity contribution >= 4 is 46.2 Å². The van der Waals surface area contributed by atoms with Crippen molar-refractivity contribution < 1.29 is 33.0 Å². The third-order valence-corrected chi connectivity index (χ3v) is 12.6. The Labute approximate surface area is 371 Å². The molecule has 0 saturated carbocycles. The van der Waals surface area contributed by atoms with Crippen molar-refractivity contribution in [3.05, 3.63) is 137 Å². The minimum Gasteiger partial charge on any atom is -0.453 e. The molecule has 15 nitrogen and oxygen atoms in total. The number of H-pyrrole nitrogens is 2. The van der Waals surface area contributed by atoms with Gasteiger partial charge in [0.15, 0.2) is 0 Å². The van der Waals surface area contributed by atoms with Crippen LogP contribution in [0, 0.1) is 5.82 Å². The summed E-state index contributed by atoms with van der Waals surface area (Å²) in [5, 5.41) is 9.91. The van der Waals surface area contributed by atoms with Gasteiger partial charge in [0.25, 0.3) is 11.8 Å². The highest BCUT2D eigenvalue weighted by Crippen LogP contribution is 2.37. The van der Waals surface area contributed by atoms with Crippen LogP contribution in [-0.2, 0) is 19.1 Å². The second-order valence-corrected chi connectivity index (χ2v) is 16.4.